The maximum atomic E-state index is 13.8. The summed E-state index contributed by atoms with van der Waals surface area (Å²) in [7, 11) is 0. The molecule has 5 heteroatoms. The molecule has 0 fully saturated rings. The third-order valence-electron chi connectivity index (χ3n) is 3.36. The molecule has 1 aliphatic carbocycles. The van der Waals surface area contributed by atoms with E-state index in [-0.39, 0.29) is 5.82 Å². The Morgan fingerprint density at radius 2 is 2.42 bits per heavy atom. The molecule has 2 aromatic heterocycles. The lowest BCUT2D eigenvalue weighted by Crippen LogP contribution is -2.23. The first-order chi connectivity index (χ1) is 9.29. The standard InChI is InChI=1S/C14H16FN3S/c1-2-16-10-6-3-7-11-13(10)19-14(18-11)12-9(15)5-4-8-17-12/h4-5,8,10,16H,2-3,6-7H2,1H3. The number of aromatic nitrogens is 2. The Morgan fingerprint density at radius 1 is 1.53 bits per heavy atom. The molecule has 2 heterocycles. The van der Waals surface area contributed by atoms with Crippen molar-refractivity contribution in [2.75, 3.05) is 6.54 Å². The number of aryl methyl sites for hydroxylation is 1. The van der Waals surface area contributed by atoms with Gasteiger partial charge in [0, 0.05) is 17.1 Å². The highest BCUT2D eigenvalue weighted by Gasteiger charge is 2.25. The van der Waals surface area contributed by atoms with Gasteiger partial charge in [-0.1, -0.05) is 6.92 Å². The van der Waals surface area contributed by atoms with Gasteiger partial charge in [0.1, 0.15) is 10.7 Å². The summed E-state index contributed by atoms with van der Waals surface area (Å²) in [4.78, 5) is 9.96. The minimum atomic E-state index is -0.298. The van der Waals surface area contributed by atoms with E-state index >= 15 is 0 Å². The van der Waals surface area contributed by atoms with Gasteiger partial charge in [-0.05, 0) is 37.9 Å². The molecule has 0 saturated carbocycles. The molecule has 100 valence electrons. The van der Waals surface area contributed by atoms with Crippen LogP contribution >= 0.6 is 11.3 Å². The smallest absolute Gasteiger partial charge is 0.151 e. The first-order valence-electron chi connectivity index (χ1n) is 6.63. The average molecular weight is 277 g/mol. The first kappa shape index (κ1) is 12.7. The summed E-state index contributed by atoms with van der Waals surface area (Å²) in [6.07, 6.45) is 4.87. The zero-order valence-corrected chi connectivity index (χ0v) is 11.6. The van der Waals surface area contributed by atoms with Gasteiger partial charge in [-0.2, -0.15) is 0 Å². The van der Waals surface area contributed by atoms with E-state index in [9.17, 15) is 4.39 Å². The summed E-state index contributed by atoms with van der Waals surface area (Å²) in [5, 5.41) is 4.18. The van der Waals surface area contributed by atoms with E-state index in [2.05, 4.69) is 22.2 Å². The average Bonchev–Trinajstić information content (AvgIpc) is 2.84. The normalized spacial score (nSPS) is 18.3. The van der Waals surface area contributed by atoms with Crippen LogP contribution in [0.5, 0.6) is 0 Å². The lowest BCUT2D eigenvalue weighted by Gasteiger charge is -2.21. The van der Waals surface area contributed by atoms with Crippen LogP contribution < -0.4 is 5.32 Å². The lowest BCUT2D eigenvalue weighted by molar-refractivity contribution is 0.476. The monoisotopic (exact) mass is 277 g/mol. The minimum Gasteiger partial charge on any atom is -0.309 e. The van der Waals surface area contributed by atoms with Gasteiger partial charge in [0.05, 0.1) is 5.69 Å². The Balaban J connectivity index is 2.00. The van der Waals surface area contributed by atoms with Crippen molar-refractivity contribution in [3.05, 3.63) is 34.7 Å². The van der Waals surface area contributed by atoms with E-state index in [1.807, 2.05) is 0 Å². The zero-order chi connectivity index (χ0) is 13.2. The number of fused-ring (bicyclic) bond motifs is 1. The van der Waals surface area contributed by atoms with Crippen molar-refractivity contribution in [2.24, 2.45) is 0 Å². The van der Waals surface area contributed by atoms with E-state index in [0.29, 0.717) is 16.7 Å². The zero-order valence-electron chi connectivity index (χ0n) is 10.8. The molecule has 1 aliphatic rings. The van der Waals surface area contributed by atoms with Gasteiger partial charge in [0.25, 0.3) is 0 Å². The molecule has 0 radical (unpaired) electrons. The van der Waals surface area contributed by atoms with Crippen LogP contribution in [0.25, 0.3) is 10.7 Å². The second-order valence-corrected chi connectivity index (χ2v) is 5.70. The van der Waals surface area contributed by atoms with Crippen LogP contribution in [-0.4, -0.2) is 16.5 Å². The van der Waals surface area contributed by atoms with Crippen LogP contribution in [-0.2, 0) is 6.42 Å². The molecule has 0 saturated heterocycles. The first-order valence-corrected chi connectivity index (χ1v) is 7.45. The fraction of sp³-hybridized carbons (Fsp3) is 0.429. The predicted molar refractivity (Wildman–Crippen MR) is 74.7 cm³/mol. The van der Waals surface area contributed by atoms with Crippen LogP contribution in [0.4, 0.5) is 4.39 Å². The quantitative estimate of drug-likeness (QED) is 0.935. The molecule has 0 bridgehead atoms. The van der Waals surface area contributed by atoms with Crippen LogP contribution in [0.1, 0.15) is 36.4 Å². The summed E-state index contributed by atoms with van der Waals surface area (Å²) in [6, 6.07) is 3.41. The van der Waals surface area contributed by atoms with E-state index in [0.717, 1.165) is 31.5 Å². The molecule has 2 aromatic rings. The Bertz CT molecular complexity index is 582. The van der Waals surface area contributed by atoms with E-state index in [4.69, 9.17) is 0 Å². The summed E-state index contributed by atoms with van der Waals surface area (Å²) in [5.74, 6) is -0.298. The van der Waals surface area contributed by atoms with Gasteiger partial charge >= 0.3 is 0 Å². The number of halogens is 1. The highest BCUT2D eigenvalue weighted by Crippen LogP contribution is 2.37. The van der Waals surface area contributed by atoms with Crippen molar-refractivity contribution < 1.29 is 4.39 Å². The second kappa shape index (κ2) is 5.35. The molecule has 0 aromatic carbocycles. The van der Waals surface area contributed by atoms with E-state index in [1.54, 1.807) is 23.6 Å². The molecule has 0 amide bonds. The topological polar surface area (TPSA) is 37.8 Å². The number of hydrogen-bond donors (Lipinski definition) is 1. The van der Waals surface area contributed by atoms with Gasteiger partial charge < -0.3 is 5.32 Å². The summed E-state index contributed by atoms with van der Waals surface area (Å²) in [5.41, 5.74) is 1.49. The molecule has 0 aliphatic heterocycles. The third-order valence-corrected chi connectivity index (χ3v) is 4.58. The van der Waals surface area contributed by atoms with Crippen molar-refractivity contribution in [3.8, 4) is 10.7 Å². The van der Waals surface area contributed by atoms with Gasteiger partial charge in [0.15, 0.2) is 5.82 Å². The van der Waals surface area contributed by atoms with Crippen molar-refractivity contribution in [3.63, 3.8) is 0 Å². The molecule has 0 spiro atoms. The van der Waals surface area contributed by atoms with Gasteiger partial charge in [-0.15, -0.1) is 11.3 Å². The van der Waals surface area contributed by atoms with E-state index in [1.165, 1.54) is 10.9 Å². The maximum absolute atomic E-state index is 13.8. The highest BCUT2D eigenvalue weighted by molar-refractivity contribution is 7.15. The predicted octanol–water partition coefficient (Wildman–Crippen LogP) is 3.33. The number of rotatable bonds is 3. The Hall–Kier alpha value is -1.33. The van der Waals surface area contributed by atoms with Crippen LogP contribution in [0.3, 0.4) is 0 Å². The van der Waals surface area contributed by atoms with Crippen molar-refractivity contribution in [1.29, 1.82) is 0 Å². The third kappa shape index (κ3) is 2.40. The number of nitrogens with zero attached hydrogens (tertiary/aromatic N) is 2. The number of nitrogens with one attached hydrogen (secondary N) is 1. The molecule has 19 heavy (non-hydrogen) atoms. The molecular formula is C14H16FN3S. The molecule has 1 atom stereocenters. The maximum Gasteiger partial charge on any atom is 0.151 e. The summed E-state index contributed by atoms with van der Waals surface area (Å²) < 4.78 is 13.8. The van der Waals surface area contributed by atoms with Crippen LogP contribution in [0.15, 0.2) is 18.3 Å². The number of pyridine rings is 1. The van der Waals surface area contributed by atoms with Crippen molar-refractivity contribution in [2.45, 2.75) is 32.2 Å². The Kier molecular flexibility index (Phi) is 3.57. The van der Waals surface area contributed by atoms with Gasteiger partial charge in [-0.3, -0.25) is 4.98 Å². The minimum absolute atomic E-state index is 0.298. The Labute approximate surface area is 115 Å². The Morgan fingerprint density at radius 3 is 3.21 bits per heavy atom. The summed E-state index contributed by atoms with van der Waals surface area (Å²) >= 11 is 1.57. The highest BCUT2D eigenvalue weighted by atomic mass is 32.1. The number of hydrogen-bond acceptors (Lipinski definition) is 4. The van der Waals surface area contributed by atoms with E-state index < -0.39 is 0 Å². The van der Waals surface area contributed by atoms with Crippen molar-refractivity contribution in [1.82, 2.24) is 15.3 Å². The SMILES string of the molecule is CCNC1CCCc2nc(-c3ncccc3F)sc21. The second-order valence-electron chi connectivity index (χ2n) is 4.67. The van der Waals surface area contributed by atoms with Gasteiger partial charge in [0.2, 0.25) is 0 Å². The molecular weight excluding hydrogens is 261 g/mol. The van der Waals surface area contributed by atoms with Crippen molar-refractivity contribution >= 4 is 11.3 Å². The van der Waals surface area contributed by atoms with Crippen LogP contribution in [0, 0.1) is 5.82 Å². The van der Waals surface area contributed by atoms with Crippen LogP contribution in [0.2, 0.25) is 0 Å². The number of thiazole rings is 1. The largest absolute Gasteiger partial charge is 0.309 e. The summed E-state index contributed by atoms with van der Waals surface area (Å²) in [6.45, 7) is 3.05. The molecule has 1 N–H and O–H groups in total. The molecule has 3 nitrogen and oxygen atoms in total. The molecule has 1 unspecified atom stereocenters. The molecule has 3 rings (SSSR count). The fourth-order valence-corrected chi connectivity index (χ4v) is 3.73. The fourth-order valence-electron chi connectivity index (χ4n) is 2.51. The lowest BCUT2D eigenvalue weighted by atomic mass is 9.98. The van der Waals surface area contributed by atoms with Gasteiger partial charge in [-0.25, -0.2) is 9.37 Å².